The first kappa shape index (κ1) is 14.2. The van der Waals surface area contributed by atoms with Gasteiger partial charge in [-0.1, -0.05) is 63.0 Å². The topological polar surface area (TPSA) is 3.24 Å². The number of alkyl halides is 1. The second-order valence-corrected chi connectivity index (χ2v) is 6.87. The average Bonchev–Trinajstić information content (AvgIpc) is 2.46. The van der Waals surface area contributed by atoms with Crippen LogP contribution in [0.15, 0.2) is 46.9 Å². The van der Waals surface area contributed by atoms with Gasteiger partial charge < -0.3 is 4.90 Å². The summed E-state index contributed by atoms with van der Waals surface area (Å²) in [6.07, 6.45) is 1.17. The highest BCUT2D eigenvalue weighted by Crippen LogP contribution is 2.36. The fourth-order valence-electron chi connectivity index (χ4n) is 2.85. The maximum absolute atomic E-state index is 3.67. The summed E-state index contributed by atoms with van der Waals surface area (Å²) >= 11 is 7.19. The van der Waals surface area contributed by atoms with E-state index in [1.54, 1.807) is 0 Å². The van der Waals surface area contributed by atoms with Gasteiger partial charge in [-0.15, -0.1) is 0 Å². The van der Waals surface area contributed by atoms with Gasteiger partial charge in [-0.3, -0.25) is 0 Å². The number of nitrogens with zero attached hydrogens (tertiary/aromatic N) is 1. The molecule has 1 aliphatic heterocycles. The summed E-state index contributed by atoms with van der Waals surface area (Å²) in [6.45, 7) is 3.40. The van der Waals surface area contributed by atoms with Crippen molar-refractivity contribution >= 4 is 43.2 Å². The fraction of sp³-hybridized carbons (Fsp3) is 0.294. The minimum atomic E-state index is 0.680. The zero-order valence-electron chi connectivity index (χ0n) is 11.4. The van der Waals surface area contributed by atoms with Crippen LogP contribution >= 0.6 is 31.9 Å². The normalized spacial score (nSPS) is 17.9. The number of anilines is 2. The lowest BCUT2D eigenvalue weighted by atomic mass is 9.93. The molecule has 104 valence electrons. The number of rotatable bonds is 2. The molecule has 1 atom stereocenters. The van der Waals surface area contributed by atoms with Gasteiger partial charge in [0.25, 0.3) is 0 Å². The molecule has 0 N–H and O–H groups in total. The largest absolute Gasteiger partial charge is 0.341 e. The number of hydrogen-bond acceptors (Lipinski definition) is 1. The van der Waals surface area contributed by atoms with E-state index >= 15 is 0 Å². The molecule has 1 heterocycles. The molecular weight excluding hydrogens is 378 g/mol. The van der Waals surface area contributed by atoms with Gasteiger partial charge >= 0.3 is 0 Å². The van der Waals surface area contributed by atoms with Crippen LogP contribution in [0.4, 0.5) is 11.4 Å². The van der Waals surface area contributed by atoms with Gasteiger partial charge in [0, 0.05) is 27.7 Å². The Bertz CT molecular complexity index is 624. The number of halogens is 2. The molecule has 0 spiro atoms. The summed E-state index contributed by atoms with van der Waals surface area (Å²) in [5, 5.41) is 0.876. The van der Waals surface area contributed by atoms with E-state index in [1.807, 2.05) is 0 Å². The molecule has 1 nitrogen and oxygen atoms in total. The van der Waals surface area contributed by atoms with E-state index < -0.39 is 0 Å². The van der Waals surface area contributed by atoms with Crippen LogP contribution in [-0.2, 0) is 11.8 Å². The quantitative estimate of drug-likeness (QED) is 0.592. The Hall–Kier alpha value is -0.800. The van der Waals surface area contributed by atoms with E-state index in [0.717, 1.165) is 11.9 Å². The first-order chi connectivity index (χ1) is 9.69. The minimum absolute atomic E-state index is 0.680. The number of para-hydroxylation sites is 1. The predicted octanol–water partition coefficient (Wildman–Crippen LogP) is 5.67. The predicted molar refractivity (Wildman–Crippen MR) is 93.1 cm³/mol. The molecule has 0 amide bonds. The summed E-state index contributed by atoms with van der Waals surface area (Å²) in [5.74, 6) is 0.680. The van der Waals surface area contributed by atoms with E-state index in [1.165, 1.54) is 33.4 Å². The van der Waals surface area contributed by atoms with Crippen LogP contribution in [0.1, 0.15) is 18.1 Å². The molecule has 1 unspecified atom stereocenters. The van der Waals surface area contributed by atoms with Gasteiger partial charge in [-0.05, 0) is 41.7 Å². The third-order valence-electron chi connectivity index (χ3n) is 3.84. The summed E-state index contributed by atoms with van der Waals surface area (Å²) in [6, 6.07) is 15.4. The summed E-state index contributed by atoms with van der Waals surface area (Å²) in [7, 11) is 0. The number of hydrogen-bond donors (Lipinski definition) is 0. The van der Waals surface area contributed by atoms with Crippen molar-refractivity contribution in [3.63, 3.8) is 0 Å². The van der Waals surface area contributed by atoms with Crippen LogP contribution in [-0.4, -0.2) is 6.54 Å². The molecule has 0 aromatic heterocycles. The van der Waals surface area contributed by atoms with Crippen LogP contribution < -0.4 is 4.90 Å². The molecule has 3 rings (SSSR count). The van der Waals surface area contributed by atoms with Crippen molar-refractivity contribution in [2.75, 3.05) is 11.4 Å². The fourth-order valence-corrected chi connectivity index (χ4v) is 4.23. The monoisotopic (exact) mass is 393 g/mol. The molecular formula is C17H17Br2N. The Morgan fingerprint density at radius 1 is 1.20 bits per heavy atom. The lowest BCUT2D eigenvalue weighted by molar-refractivity contribution is 0.562. The van der Waals surface area contributed by atoms with Crippen LogP contribution in [0, 0.1) is 5.92 Å². The molecule has 0 radical (unpaired) electrons. The lowest BCUT2D eigenvalue weighted by Gasteiger charge is -2.35. The Morgan fingerprint density at radius 3 is 2.75 bits per heavy atom. The lowest BCUT2D eigenvalue weighted by Crippen LogP contribution is -2.30. The van der Waals surface area contributed by atoms with Crippen molar-refractivity contribution in [3.8, 4) is 0 Å². The van der Waals surface area contributed by atoms with Crippen molar-refractivity contribution in [2.45, 2.75) is 18.7 Å². The maximum atomic E-state index is 3.67. The highest BCUT2D eigenvalue weighted by molar-refractivity contribution is 9.10. The Kier molecular flexibility index (Phi) is 4.18. The molecule has 2 aromatic rings. The molecule has 1 aliphatic rings. The smallest absolute Gasteiger partial charge is 0.0443 e. The van der Waals surface area contributed by atoms with Crippen LogP contribution in [0.3, 0.4) is 0 Å². The van der Waals surface area contributed by atoms with E-state index in [2.05, 4.69) is 86.1 Å². The highest BCUT2D eigenvalue weighted by Gasteiger charge is 2.22. The average molecular weight is 395 g/mol. The van der Waals surface area contributed by atoms with Crippen molar-refractivity contribution in [3.05, 3.63) is 58.1 Å². The number of benzene rings is 2. The highest BCUT2D eigenvalue weighted by atomic mass is 79.9. The van der Waals surface area contributed by atoms with Crippen LogP contribution in [0.2, 0.25) is 0 Å². The van der Waals surface area contributed by atoms with Crippen molar-refractivity contribution in [2.24, 2.45) is 5.92 Å². The van der Waals surface area contributed by atoms with E-state index in [9.17, 15) is 0 Å². The Balaban J connectivity index is 2.04. The Labute approximate surface area is 137 Å². The zero-order chi connectivity index (χ0) is 14.1. The zero-order valence-corrected chi connectivity index (χ0v) is 14.6. The van der Waals surface area contributed by atoms with Crippen LogP contribution in [0.5, 0.6) is 0 Å². The molecule has 20 heavy (non-hydrogen) atoms. The molecule has 3 heteroatoms. The van der Waals surface area contributed by atoms with Gasteiger partial charge in [-0.2, -0.15) is 0 Å². The van der Waals surface area contributed by atoms with Crippen LogP contribution in [0.25, 0.3) is 0 Å². The van der Waals surface area contributed by atoms with E-state index in [0.29, 0.717) is 5.92 Å². The molecule has 0 bridgehead atoms. The van der Waals surface area contributed by atoms with Crippen molar-refractivity contribution < 1.29 is 0 Å². The summed E-state index contributed by atoms with van der Waals surface area (Å²) in [5.41, 5.74) is 5.35. The minimum Gasteiger partial charge on any atom is -0.341 e. The summed E-state index contributed by atoms with van der Waals surface area (Å²) in [4.78, 5) is 2.44. The maximum Gasteiger partial charge on any atom is 0.0443 e. The third kappa shape index (κ3) is 2.66. The standard InChI is InChI=1S/C17H17Br2N/c1-12-8-13-4-2-3-5-17(13)20(11-12)15-7-6-14(10-18)16(19)9-15/h2-7,9,12H,8,10-11H2,1H3. The van der Waals surface area contributed by atoms with E-state index in [-0.39, 0.29) is 0 Å². The molecule has 2 aromatic carbocycles. The second-order valence-electron chi connectivity index (χ2n) is 5.46. The van der Waals surface area contributed by atoms with Crippen molar-refractivity contribution in [1.82, 2.24) is 0 Å². The van der Waals surface area contributed by atoms with Gasteiger partial charge in [0.15, 0.2) is 0 Å². The van der Waals surface area contributed by atoms with Gasteiger partial charge in [0.1, 0.15) is 0 Å². The third-order valence-corrected chi connectivity index (χ3v) is 5.18. The first-order valence-electron chi connectivity index (χ1n) is 6.89. The molecule has 0 aliphatic carbocycles. The second kappa shape index (κ2) is 5.90. The van der Waals surface area contributed by atoms with Crippen molar-refractivity contribution in [1.29, 1.82) is 0 Å². The molecule has 0 fully saturated rings. The van der Waals surface area contributed by atoms with Gasteiger partial charge in [0.2, 0.25) is 0 Å². The van der Waals surface area contributed by atoms with Gasteiger partial charge in [-0.25, -0.2) is 0 Å². The molecule has 0 saturated carbocycles. The Morgan fingerprint density at radius 2 is 2.00 bits per heavy atom. The summed E-state index contributed by atoms with van der Waals surface area (Å²) < 4.78 is 1.17. The molecule has 0 saturated heterocycles. The number of fused-ring (bicyclic) bond motifs is 1. The van der Waals surface area contributed by atoms with E-state index in [4.69, 9.17) is 0 Å². The first-order valence-corrected chi connectivity index (χ1v) is 8.80. The SMILES string of the molecule is CC1Cc2ccccc2N(c2ccc(CBr)c(Br)c2)C1. The van der Waals surface area contributed by atoms with Gasteiger partial charge in [0.05, 0.1) is 0 Å².